The summed E-state index contributed by atoms with van der Waals surface area (Å²) < 4.78 is 5.98. The SMILES string of the molecule is I.NC(=NCc1ccnc(OC2CCCCC2)c1)Nc1ccccn1. The van der Waals surface area contributed by atoms with Crippen LogP contribution < -0.4 is 15.8 Å². The van der Waals surface area contributed by atoms with Gasteiger partial charge in [0.05, 0.1) is 6.54 Å². The van der Waals surface area contributed by atoms with E-state index >= 15 is 0 Å². The van der Waals surface area contributed by atoms with Gasteiger partial charge in [-0.15, -0.1) is 24.0 Å². The van der Waals surface area contributed by atoms with Gasteiger partial charge in [0.25, 0.3) is 0 Å². The van der Waals surface area contributed by atoms with Gasteiger partial charge in [0, 0.05) is 18.5 Å². The van der Waals surface area contributed by atoms with Crippen LogP contribution in [0.5, 0.6) is 5.88 Å². The minimum atomic E-state index is 0. The van der Waals surface area contributed by atoms with Crippen LogP contribution >= 0.6 is 24.0 Å². The van der Waals surface area contributed by atoms with E-state index in [1.165, 1.54) is 19.3 Å². The Hall–Kier alpha value is -1.90. The van der Waals surface area contributed by atoms with Crippen molar-refractivity contribution in [2.24, 2.45) is 10.7 Å². The number of nitrogens with two attached hydrogens (primary N) is 1. The molecule has 0 radical (unpaired) electrons. The number of halogens is 1. The molecule has 1 saturated carbocycles. The predicted octanol–water partition coefficient (Wildman–Crippen LogP) is 3.73. The maximum atomic E-state index is 5.98. The zero-order chi connectivity index (χ0) is 16.6. The molecule has 2 aromatic heterocycles. The molecule has 134 valence electrons. The molecule has 2 aromatic rings. The Balaban J connectivity index is 0.00000225. The molecule has 6 nitrogen and oxygen atoms in total. The Kier molecular flexibility index (Phi) is 7.90. The van der Waals surface area contributed by atoms with Gasteiger partial charge in [-0.25, -0.2) is 15.0 Å². The maximum Gasteiger partial charge on any atom is 0.213 e. The highest BCUT2D eigenvalue weighted by atomic mass is 127. The summed E-state index contributed by atoms with van der Waals surface area (Å²) in [7, 11) is 0. The Labute approximate surface area is 165 Å². The number of nitrogens with one attached hydrogen (secondary N) is 1. The van der Waals surface area contributed by atoms with Crippen LogP contribution in [-0.2, 0) is 6.54 Å². The first-order valence-corrected chi connectivity index (χ1v) is 8.39. The molecule has 0 bridgehead atoms. The quantitative estimate of drug-likeness (QED) is 0.410. The molecule has 25 heavy (non-hydrogen) atoms. The van der Waals surface area contributed by atoms with Crippen LogP contribution in [0.4, 0.5) is 5.82 Å². The third-order valence-electron chi connectivity index (χ3n) is 3.99. The third kappa shape index (κ3) is 6.49. The number of pyridine rings is 2. The van der Waals surface area contributed by atoms with Crippen LogP contribution in [0.2, 0.25) is 0 Å². The standard InChI is InChI=1S/C18H23N5O.HI/c19-18(23-16-8-4-5-10-20-16)22-13-14-9-11-21-17(12-14)24-15-6-2-1-3-7-15;/h4-5,8-12,15H,1-3,6-7,13H2,(H3,19,20,22,23);1H. The number of guanidine groups is 1. The molecule has 3 rings (SSSR count). The van der Waals surface area contributed by atoms with Gasteiger partial charge in [0.15, 0.2) is 5.96 Å². The van der Waals surface area contributed by atoms with Crippen LogP contribution in [0, 0.1) is 0 Å². The van der Waals surface area contributed by atoms with Crippen molar-refractivity contribution in [3.8, 4) is 5.88 Å². The summed E-state index contributed by atoms with van der Waals surface area (Å²) in [6.45, 7) is 0.467. The van der Waals surface area contributed by atoms with Crippen LogP contribution in [0.3, 0.4) is 0 Å². The molecule has 0 atom stereocenters. The Morgan fingerprint density at radius 3 is 2.76 bits per heavy atom. The van der Waals surface area contributed by atoms with Crippen molar-refractivity contribution in [1.29, 1.82) is 0 Å². The van der Waals surface area contributed by atoms with Gasteiger partial charge in [-0.3, -0.25) is 0 Å². The molecule has 0 saturated heterocycles. The van der Waals surface area contributed by atoms with Crippen molar-refractivity contribution in [3.05, 3.63) is 48.3 Å². The second-order valence-electron chi connectivity index (χ2n) is 5.92. The number of anilines is 1. The van der Waals surface area contributed by atoms with E-state index in [2.05, 4.69) is 20.3 Å². The lowest BCUT2D eigenvalue weighted by Gasteiger charge is -2.22. The first kappa shape index (κ1) is 19.4. The number of aromatic nitrogens is 2. The maximum absolute atomic E-state index is 5.98. The van der Waals surface area contributed by atoms with Crippen molar-refractivity contribution in [2.75, 3.05) is 5.32 Å². The summed E-state index contributed by atoms with van der Waals surface area (Å²) in [6.07, 6.45) is 9.77. The normalized spacial score (nSPS) is 15.3. The van der Waals surface area contributed by atoms with E-state index < -0.39 is 0 Å². The number of nitrogens with zero attached hydrogens (tertiary/aromatic N) is 3. The van der Waals surface area contributed by atoms with E-state index in [9.17, 15) is 0 Å². The summed E-state index contributed by atoms with van der Waals surface area (Å²) in [5.74, 6) is 1.68. The lowest BCUT2D eigenvalue weighted by Crippen LogP contribution is -2.23. The summed E-state index contributed by atoms with van der Waals surface area (Å²) in [4.78, 5) is 12.8. The fraction of sp³-hybridized carbons (Fsp3) is 0.389. The van der Waals surface area contributed by atoms with Crippen molar-refractivity contribution >= 4 is 35.8 Å². The lowest BCUT2D eigenvalue weighted by atomic mass is 9.98. The fourth-order valence-electron chi connectivity index (χ4n) is 2.75. The minimum Gasteiger partial charge on any atom is -0.474 e. The number of hydrogen-bond donors (Lipinski definition) is 2. The molecular weight excluding hydrogens is 429 g/mol. The number of rotatable bonds is 5. The fourth-order valence-corrected chi connectivity index (χ4v) is 2.75. The summed E-state index contributed by atoms with van der Waals surface area (Å²) in [5.41, 5.74) is 6.91. The van der Waals surface area contributed by atoms with Gasteiger partial charge in [0.2, 0.25) is 5.88 Å². The monoisotopic (exact) mass is 453 g/mol. The van der Waals surface area contributed by atoms with Crippen molar-refractivity contribution in [1.82, 2.24) is 9.97 Å². The zero-order valence-electron chi connectivity index (χ0n) is 14.1. The molecule has 0 aliphatic heterocycles. The number of ether oxygens (including phenoxy) is 1. The second kappa shape index (κ2) is 10.2. The third-order valence-corrected chi connectivity index (χ3v) is 3.99. The first-order chi connectivity index (χ1) is 11.8. The Morgan fingerprint density at radius 1 is 1.16 bits per heavy atom. The number of hydrogen-bond acceptors (Lipinski definition) is 4. The molecule has 1 aliphatic carbocycles. The van der Waals surface area contributed by atoms with Gasteiger partial charge in [-0.2, -0.15) is 0 Å². The molecule has 0 spiro atoms. The number of aliphatic imine (C=N–C) groups is 1. The lowest BCUT2D eigenvalue weighted by molar-refractivity contribution is 0.148. The minimum absolute atomic E-state index is 0. The van der Waals surface area contributed by atoms with E-state index in [1.807, 2.05) is 30.3 Å². The first-order valence-electron chi connectivity index (χ1n) is 8.39. The topological polar surface area (TPSA) is 85.4 Å². The van der Waals surface area contributed by atoms with Gasteiger partial charge >= 0.3 is 0 Å². The zero-order valence-corrected chi connectivity index (χ0v) is 16.4. The molecule has 1 aliphatic rings. The molecule has 7 heteroatoms. The van der Waals surface area contributed by atoms with Crippen LogP contribution in [0.25, 0.3) is 0 Å². The highest BCUT2D eigenvalue weighted by Gasteiger charge is 2.15. The van der Waals surface area contributed by atoms with Gasteiger partial charge in [-0.1, -0.05) is 12.5 Å². The van der Waals surface area contributed by atoms with Gasteiger partial charge in [-0.05, 0) is 49.4 Å². The smallest absolute Gasteiger partial charge is 0.213 e. The average Bonchev–Trinajstić information content (AvgIpc) is 2.62. The van der Waals surface area contributed by atoms with Crippen LogP contribution in [0.15, 0.2) is 47.7 Å². The van der Waals surface area contributed by atoms with Gasteiger partial charge < -0.3 is 15.8 Å². The van der Waals surface area contributed by atoms with Crippen LogP contribution in [0.1, 0.15) is 37.7 Å². The van der Waals surface area contributed by atoms with E-state index in [0.29, 0.717) is 30.3 Å². The summed E-state index contributed by atoms with van der Waals surface area (Å²) in [5, 5.41) is 2.96. The highest BCUT2D eigenvalue weighted by Crippen LogP contribution is 2.22. The van der Waals surface area contributed by atoms with E-state index in [0.717, 1.165) is 18.4 Å². The molecule has 3 N–H and O–H groups in total. The molecule has 2 heterocycles. The van der Waals surface area contributed by atoms with E-state index in [4.69, 9.17) is 10.5 Å². The van der Waals surface area contributed by atoms with Gasteiger partial charge in [0.1, 0.15) is 11.9 Å². The summed E-state index contributed by atoms with van der Waals surface area (Å²) in [6, 6.07) is 9.44. The summed E-state index contributed by atoms with van der Waals surface area (Å²) >= 11 is 0. The highest BCUT2D eigenvalue weighted by molar-refractivity contribution is 14.0. The Morgan fingerprint density at radius 2 is 2.00 bits per heavy atom. The molecular formula is C18H24IN5O. The molecule has 0 unspecified atom stereocenters. The molecule has 0 aromatic carbocycles. The van der Waals surface area contributed by atoms with Crippen molar-refractivity contribution in [3.63, 3.8) is 0 Å². The second-order valence-corrected chi connectivity index (χ2v) is 5.92. The average molecular weight is 453 g/mol. The van der Waals surface area contributed by atoms with Crippen LogP contribution in [-0.4, -0.2) is 22.0 Å². The van der Waals surface area contributed by atoms with Crippen molar-refractivity contribution in [2.45, 2.75) is 44.8 Å². The molecule has 0 amide bonds. The largest absolute Gasteiger partial charge is 0.474 e. The van der Waals surface area contributed by atoms with E-state index in [1.54, 1.807) is 12.4 Å². The Bertz CT molecular complexity index is 674. The van der Waals surface area contributed by atoms with E-state index in [-0.39, 0.29) is 24.0 Å². The molecule has 1 fully saturated rings. The predicted molar refractivity (Wildman–Crippen MR) is 110 cm³/mol. The van der Waals surface area contributed by atoms with Crippen molar-refractivity contribution < 1.29 is 4.74 Å².